The van der Waals surface area contributed by atoms with E-state index in [9.17, 15) is 4.79 Å². The zero-order valence-corrected chi connectivity index (χ0v) is 17.0. The van der Waals surface area contributed by atoms with Gasteiger partial charge in [0.2, 0.25) is 0 Å². The molecule has 0 saturated carbocycles. The van der Waals surface area contributed by atoms with E-state index in [4.69, 9.17) is 11.6 Å². The molecule has 0 aliphatic carbocycles. The van der Waals surface area contributed by atoms with Crippen LogP contribution in [0.25, 0.3) is 16.8 Å². The monoisotopic (exact) mass is 417 g/mol. The van der Waals surface area contributed by atoms with E-state index < -0.39 is 0 Å². The van der Waals surface area contributed by atoms with Gasteiger partial charge in [0.05, 0.1) is 0 Å². The van der Waals surface area contributed by atoms with Crippen molar-refractivity contribution in [3.8, 4) is 11.1 Å². The minimum Gasteiger partial charge on any atom is -0.353 e. The molecule has 4 aromatic rings. The molecule has 7 heteroatoms. The Morgan fingerprint density at radius 3 is 2.37 bits per heavy atom. The largest absolute Gasteiger partial charge is 0.353 e. The summed E-state index contributed by atoms with van der Waals surface area (Å²) in [6, 6.07) is 17.5. The van der Waals surface area contributed by atoms with Crippen LogP contribution in [0.5, 0.6) is 0 Å². The molecule has 1 aromatic carbocycles. The Labute approximate surface area is 179 Å². The van der Waals surface area contributed by atoms with Crippen LogP contribution in [0.3, 0.4) is 0 Å². The van der Waals surface area contributed by atoms with Crippen molar-refractivity contribution in [3.63, 3.8) is 0 Å². The number of piperazine rings is 1. The standard InChI is InChI=1S/C23H20ClN5O/c24-19-7-4-17(5-8-19)18-6-9-22-26-20(16-29(22)15-18)23(30)28-13-11-27(12-14-28)21-3-1-2-10-25-21/h1-10,15-16H,11-14H2. The molecule has 4 heterocycles. The lowest BCUT2D eigenvalue weighted by Gasteiger charge is -2.35. The Morgan fingerprint density at radius 2 is 1.63 bits per heavy atom. The topological polar surface area (TPSA) is 53.7 Å². The first kappa shape index (κ1) is 18.6. The summed E-state index contributed by atoms with van der Waals surface area (Å²) in [7, 11) is 0. The molecule has 150 valence electrons. The van der Waals surface area contributed by atoms with Crippen molar-refractivity contribution in [2.45, 2.75) is 0 Å². The van der Waals surface area contributed by atoms with Crippen LogP contribution in [0.4, 0.5) is 5.82 Å². The highest BCUT2D eigenvalue weighted by atomic mass is 35.5. The normalized spacial score (nSPS) is 14.3. The van der Waals surface area contributed by atoms with Gasteiger partial charge in [0.15, 0.2) is 0 Å². The second-order valence-electron chi connectivity index (χ2n) is 7.28. The summed E-state index contributed by atoms with van der Waals surface area (Å²) < 4.78 is 1.90. The number of amides is 1. The van der Waals surface area contributed by atoms with Gasteiger partial charge in [-0.1, -0.05) is 29.8 Å². The summed E-state index contributed by atoms with van der Waals surface area (Å²) in [4.78, 5) is 26.0. The van der Waals surface area contributed by atoms with Crippen molar-refractivity contribution in [2.75, 3.05) is 31.1 Å². The lowest BCUT2D eigenvalue weighted by atomic mass is 10.1. The Hall–Kier alpha value is -3.38. The lowest BCUT2D eigenvalue weighted by molar-refractivity contribution is 0.0741. The molecule has 0 atom stereocenters. The number of benzene rings is 1. The van der Waals surface area contributed by atoms with Gasteiger partial charge >= 0.3 is 0 Å². The van der Waals surface area contributed by atoms with Crippen LogP contribution in [0.1, 0.15) is 10.5 Å². The predicted molar refractivity (Wildman–Crippen MR) is 118 cm³/mol. The molecule has 0 N–H and O–H groups in total. The van der Waals surface area contributed by atoms with Gasteiger partial charge in [0.1, 0.15) is 17.2 Å². The number of hydrogen-bond donors (Lipinski definition) is 0. The summed E-state index contributed by atoms with van der Waals surface area (Å²) in [5.41, 5.74) is 3.32. The fourth-order valence-electron chi connectivity index (χ4n) is 3.75. The first-order valence-electron chi connectivity index (χ1n) is 9.87. The van der Waals surface area contributed by atoms with E-state index in [0.29, 0.717) is 23.8 Å². The third kappa shape index (κ3) is 3.62. The van der Waals surface area contributed by atoms with Gasteiger partial charge in [-0.3, -0.25) is 4.79 Å². The first-order valence-corrected chi connectivity index (χ1v) is 10.3. The Bertz CT molecular complexity index is 1180. The molecule has 1 amide bonds. The van der Waals surface area contributed by atoms with E-state index in [1.54, 1.807) is 6.20 Å². The molecule has 1 aliphatic heterocycles. The number of hydrogen-bond acceptors (Lipinski definition) is 4. The molecule has 5 rings (SSSR count). The number of pyridine rings is 2. The molecule has 1 aliphatic rings. The molecule has 6 nitrogen and oxygen atoms in total. The van der Waals surface area contributed by atoms with Crippen LogP contribution in [-0.2, 0) is 0 Å². The number of imidazole rings is 1. The zero-order valence-electron chi connectivity index (χ0n) is 16.3. The zero-order chi connectivity index (χ0) is 20.5. The molecule has 1 fully saturated rings. The quantitative estimate of drug-likeness (QED) is 0.505. The fraction of sp³-hybridized carbons (Fsp3) is 0.174. The van der Waals surface area contributed by atoms with E-state index in [0.717, 1.165) is 35.7 Å². The van der Waals surface area contributed by atoms with Gasteiger partial charge in [-0.05, 0) is 47.5 Å². The number of aromatic nitrogens is 3. The molecule has 0 radical (unpaired) electrons. The van der Waals surface area contributed by atoms with Crippen molar-refractivity contribution in [3.05, 3.63) is 83.9 Å². The molecule has 0 unspecified atom stereocenters. The number of rotatable bonds is 3. The number of halogens is 1. The summed E-state index contributed by atoms with van der Waals surface area (Å²) in [5.74, 6) is 0.916. The van der Waals surface area contributed by atoms with Gasteiger partial charge in [-0.25, -0.2) is 9.97 Å². The molecular formula is C23H20ClN5O. The summed E-state index contributed by atoms with van der Waals surface area (Å²) >= 11 is 5.99. The molecular weight excluding hydrogens is 398 g/mol. The number of nitrogens with zero attached hydrogens (tertiary/aromatic N) is 5. The molecule has 0 spiro atoms. The second-order valence-corrected chi connectivity index (χ2v) is 7.72. The summed E-state index contributed by atoms with van der Waals surface area (Å²) in [5, 5.41) is 0.707. The van der Waals surface area contributed by atoms with Gasteiger partial charge in [0, 0.05) is 49.8 Å². The van der Waals surface area contributed by atoms with E-state index >= 15 is 0 Å². The number of carbonyl (C=O) groups is 1. The van der Waals surface area contributed by atoms with Gasteiger partial charge in [0.25, 0.3) is 5.91 Å². The van der Waals surface area contributed by atoms with Gasteiger partial charge in [-0.2, -0.15) is 0 Å². The number of anilines is 1. The third-order valence-corrected chi connectivity index (χ3v) is 5.64. The first-order chi connectivity index (χ1) is 14.7. The van der Waals surface area contributed by atoms with Crippen LogP contribution in [-0.4, -0.2) is 51.4 Å². The van der Waals surface area contributed by atoms with Gasteiger partial charge < -0.3 is 14.2 Å². The van der Waals surface area contributed by atoms with Crippen LogP contribution in [0, 0.1) is 0 Å². The minimum absolute atomic E-state index is 0.0348. The van der Waals surface area contributed by atoms with Crippen LogP contribution in [0.15, 0.2) is 73.2 Å². The highest BCUT2D eigenvalue weighted by Gasteiger charge is 2.24. The average molecular weight is 418 g/mol. The van der Waals surface area contributed by atoms with Crippen molar-refractivity contribution in [1.29, 1.82) is 0 Å². The fourth-order valence-corrected chi connectivity index (χ4v) is 3.88. The summed E-state index contributed by atoms with van der Waals surface area (Å²) in [6.45, 7) is 2.83. The van der Waals surface area contributed by atoms with Gasteiger partial charge in [-0.15, -0.1) is 0 Å². The molecule has 0 bridgehead atoms. The lowest BCUT2D eigenvalue weighted by Crippen LogP contribution is -2.49. The van der Waals surface area contributed by atoms with Crippen molar-refractivity contribution in [2.24, 2.45) is 0 Å². The maximum Gasteiger partial charge on any atom is 0.274 e. The van der Waals surface area contributed by atoms with Crippen LogP contribution in [0.2, 0.25) is 5.02 Å². The van der Waals surface area contributed by atoms with Crippen molar-refractivity contribution < 1.29 is 4.79 Å². The highest BCUT2D eigenvalue weighted by molar-refractivity contribution is 6.30. The second kappa shape index (κ2) is 7.80. The van der Waals surface area contributed by atoms with Crippen LogP contribution >= 0.6 is 11.6 Å². The van der Waals surface area contributed by atoms with E-state index in [-0.39, 0.29) is 5.91 Å². The minimum atomic E-state index is -0.0348. The Balaban J connectivity index is 1.32. The molecule has 3 aromatic heterocycles. The SMILES string of the molecule is O=C(c1cn2cc(-c3ccc(Cl)cc3)ccc2n1)N1CCN(c2ccccn2)CC1. The highest BCUT2D eigenvalue weighted by Crippen LogP contribution is 2.23. The van der Waals surface area contributed by atoms with Crippen LogP contribution < -0.4 is 4.90 Å². The number of fused-ring (bicyclic) bond motifs is 1. The smallest absolute Gasteiger partial charge is 0.274 e. The Morgan fingerprint density at radius 1 is 0.867 bits per heavy atom. The maximum absolute atomic E-state index is 13.0. The van der Waals surface area contributed by atoms with Crippen molar-refractivity contribution >= 4 is 29.0 Å². The summed E-state index contributed by atoms with van der Waals surface area (Å²) in [6.07, 6.45) is 5.59. The maximum atomic E-state index is 13.0. The third-order valence-electron chi connectivity index (χ3n) is 5.39. The van der Waals surface area contributed by atoms with E-state index in [1.165, 1.54) is 0 Å². The average Bonchev–Trinajstić information content (AvgIpc) is 3.23. The van der Waals surface area contributed by atoms with E-state index in [2.05, 4.69) is 14.9 Å². The molecule has 1 saturated heterocycles. The predicted octanol–water partition coefficient (Wildman–Crippen LogP) is 4.01. The molecule has 30 heavy (non-hydrogen) atoms. The Kier molecular flexibility index (Phi) is 4.85. The van der Waals surface area contributed by atoms with Crippen molar-refractivity contribution in [1.82, 2.24) is 19.3 Å². The number of carbonyl (C=O) groups excluding carboxylic acids is 1. The van der Waals surface area contributed by atoms with E-state index in [1.807, 2.05) is 76.3 Å².